The third kappa shape index (κ3) is 3.59. The Balaban J connectivity index is 1.57. The van der Waals surface area contributed by atoms with Gasteiger partial charge in [0.1, 0.15) is 12.2 Å². The predicted molar refractivity (Wildman–Crippen MR) is 84.3 cm³/mol. The number of aryl methyl sites for hydroxylation is 1. The fraction of sp³-hybridized carbons (Fsp3) is 0.600. The Bertz CT molecular complexity index is 586. The molecular formula is C15H23N7. The second-order valence-electron chi connectivity index (χ2n) is 5.97. The van der Waals surface area contributed by atoms with Crippen molar-refractivity contribution >= 4 is 5.95 Å². The lowest BCUT2D eigenvalue weighted by Crippen LogP contribution is -2.31. The van der Waals surface area contributed by atoms with E-state index < -0.39 is 0 Å². The minimum Gasteiger partial charge on any atom is -0.341 e. The van der Waals surface area contributed by atoms with Crippen LogP contribution in [0.15, 0.2) is 18.7 Å². The summed E-state index contributed by atoms with van der Waals surface area (Å²) in [6.07, 6.45) is 9.40. The fourth-order valence-electron chi connectivity index (χ4n) is 2.75. The number of rotatable bonds is 5. The summed E-state index contributed by atoms with van der Waals surface area (Å²) in [6.45, 7) is 3.70. The molecule has 1 aliphatic rings. The smallest absolute Gasteiger partial charge is 0.225 e. The van der Waals surface area contributed by atoms with Crippen LogP contribution in [0.5, 0.6) is 0 Å². The zero-order valence-electron chi connectivity index (χ0n) is 13.3. The van der Waals surface area contributed by atoms with Gasteiger partial charge in [0.25, 0.3) is 0 Å². The number of aromatic nitrogens is 5. The molecule has 0 radical (unpaired) electrons. The van der Waals surface area contributed by atoms with E-state index in [1.165, 1.54) is 19.3 Å². The van der Waals surface area contributed by atoms with Crippen LogP contribution in [-0.4, -0.2) is 49.8 Å². The summed E-state index contributed by atoms with van der Waals surface area (Å²) >= 11 is 0. The van der Waals surface area contributed by atoms with E-state index >= 15 is 0 Å². The van der Waals surface area contributed by atoms with E-state index in [9.17, 15) is 0 Å². The molecule has 0 unspecified atom stereocenters. The number of hydrogen-bond donors (Lipinski definition) is 0. The van der Waals surface area contributed by atoms with Gasteiger partial charge in [0.05, 0.1) is 6.54 Å². The van der Waals surface area contributed by atoms with Crippen LogP contribution in [0.25, 0.3) is 0 Å². The van der Waals surface area contributed by atoms with Crippen LogP contribution < -0.4 is 4.90 Å². The summed E-state index contributed by atoms with van der Waals surface area (Å²) in [6, 6.07) is 0. The summed E-state index contributed by atoms with van der Waals surface area (Å²) in [7, 11) is 4.02. The highest BCUT2D eigenvalue weighted by atomic mass is 15.3. The molecule has 2 aromatic heterocycles. The maximum absolute atomic E-state index is 4.52. The molecule has 0 atom stereocenters. The van der Waals surface area contributed by atoms with E-state index in [4.69, 9.17) is 0 Å². The second-order valence-corrected chi connectivity index (χ2v) is 5.97. The molecule has 3 heterocycles. The standard InChI is InChI=1S/C15H23N7/c1-20(11-14-19-18-12-21(14)2)10-13-8-16-15(17-9-13)22-6-4-3-5-7-22/h8-9,12H,3-7,10-11H2,1-2H3. The van der Waals surface area contributed by atoms with Crippen molar-refractivity contribution in [3.63, 3.8) is 0 Å². The SMILES string of the molecule is CN(Cc1cnc(N2CCCCC2)nc1)Cc1nncn1C. The van der Waals surface area contributed by atoms with Crippen LogP contribution >= 0.6 is 0 Å². The first-order valence-electron chi connectivity index (χ1n) is 7.79. The van der Waals surface area contributed by atoms with Crippen LogP contribution in [0.4, 0.5) is 5.95 Å². The van der Waals surface area contributed by atoms with Crippen LogP contribution in [0, 0.1) is 0 Å². The lowest BCUT2D eigenvalue weighted by molar-refractivity contribution is 0.306. The first kappa shape index (κ1) is 14.9. The predicted octanol–water partition coefficient (Wildman–Crippen LogP) is 1.23. The number of piperidine rings is 1. The average Bonchev–Trinajstić information content (AvgIpc) is 2.94. The summed E-state index contributed by atoms with van der Waals surface area (Å²) < 4.78 is 1.94. The Kier molecular flexibility index (Phi) is 4.62. The minimum absolute atomic E-state index is 0.754. The summed E-state index contributed by atoms with van der Waals surface area (Å²) in [5, 5.41) is 8.01. The van der Waals surface area contributed by atoms with Crippen molar-refractivity contribution in [2.24, 2.45) is 7.05 Å². The topological polar surface area (TPSA) is 63.0 Å². The van der Waals surface area contributed by atoms with Gasteiger partial charge < -0.3 is 9.47 Å². The highest BCUT2D eigenvalue weighted by Gasteiger charge is 2.13. The second kappa shape index (κ2) is 6.83. The van der Waals surface area contributed by atoms with Crippen molar-refractivity contribution in [3.05, 3.63) is 30.1 Å². The van der Waals surface area contributed by atoms with Crippen molar-refractivity contribution in [3.8, 4) is 0 Å². The fourth-order valence-corrected chi connectivity index (χ4v) is 2.75. The van der Waals surface area contributed by atoms with Gasteiger partial charge in [-0.15, -0.1) is 10.2 Å². The summed E-state index contributed by atoms with van der Waals surface area (Å²) in [5.41, 5.74) is 1.12. The molecule has 0 spiro atoms. The molecule has 0 saturated carbocycles. The van der Waals surface area contributed by atoms with Crippen LogP contribution in [0.3, 0.4) is 0 Å². The van der Waals surface area contributed by atoms with Crippen LogP contribution in [0.2, 0.25) is 0 Å². The van der Waals surface area contributed by atoms with Gasteiger partial charge in [0, 0.05) is 44.6 Å². The molecule has 0 bridgehead atoms. The van der Waals surface area contributed by atoms with E-state index in [1.807, 2.05) is 24.0 Å². The average molecular weight is 301 g/mol. The van der Waals surface area contributed by atoms with Crippen LogP contribution in [0.1, 0.15) is 30.7 Å². The molecule has 1 aliphatic heterocycles. The first-order valence-corrected chi connectivity index (χ1v) is 7.79. The zero-order valence-corrected chi connectivity index (χ0v) is 13.3. The van der Waals surface area contributed by atoms with Crippen LogP contribution in [-0.2, 0) is 20.1 Å². The van der Waals surface area contributed by atoms with E-state index in [0.717, 1.165) is 43.5 Å². The molecule has 0 amide bonds. The van der Waals surface area contributed by atoms with E-state index in [1.54, 1.807) is 6.33 Å². The molecule has 1 saturated heterocycles. The highest BCUT2D eigenvalue weighted by molar-refractivity contribution is 5.30. The molecule has 7 heteroatoms. The highest BCUT2D eigenvalue weighted by Crippen LogP contribution is 2.15. The molecule has 0 aromatic carbocycles. The summed E-state index contributed by atoms with van der Waals surface area (Å²) in [4.78, 5) is 13.5. The molecule has 1 fully saturated rings. The Morgan fingerprint density at radius 1 is 1.09 bits per heavy atom. The monoisotopic (exact) mass is 301 g/mol. The van der Waals surface area contributed by atoms with Crippen molar-refractivity contribution < 1.29 is 0 Å². The Morgan fingerprint density at radius 3 is 2.45 bits per heavy atom. The quantitative estimate of drug-likeness (QED) is 0.827. The number of anilines is 1. The van der Waals surface area contributed by atoms with Gasteiger partial charge in [-0.05, 0) is 26.3 Å². The van der Waals surface area contributed by atoms with E-state index in [0.29, 0.717) is 0 Å². The molecular weight excluding hydrogens is 278 g/mol. The lowest BCUT2D eigenvalue weighted by Gasteiger charge is -2.26. The minimum atomic E-state index is 0.754. The van der Waals surface area contributed by atoms with Gasteiger partial charge in [-0.3, -0.25) is 4.90 Å². The Morgan fingerprint density at radius 2 is 1.82 bits per heavy atom. The van der Waals surface area contributed by atoms with E-state index in [-0.39, 0.29) is 0 Å². The molecule has 0 N–H and O–H groups in total. The summed E-state index contributed by atoms with van der Waals surface area (Å²) in [5.74, 6) is 1.81. The van der Waals surface area contributed by atoms with Gasteiger partial charge in [0.15, 0.2) is 0 Å². The van der Waals surface area contributed by atoms with Gasteiger partial charge in [-0.1, -0.05) is 0 Å². The largest absolute Gasteiger partial charge is 0.341 e. The van der Waals surface area contributed by atoms with Crippen molar-refractivity contribution in [2.75, 3.05) is 25.0 Å². The van der Waals surface area contributed by atoms with Gasteiger partial charge in [-0.25, -0.2) is 9.97 Å². The molecule has 7 nitrogen and oxygen atoms in total. The molecule has 22 heavy (non-hydrogen) atoms. The third-order valence-electron chi connectivity index (χ3n) is 4.00. The lowest BCUT2D eigenvalue weighted by atomic mass is 10.1. The first-order chi connectivity index (χ1) is 10.7. The zero-order chi connectivity index (χ0) is 15.4. The maximum atomic E-state index is 4.52. The number of hydrogen-bond acceptors (Lipinski definition) is 6. The van der Waals surface area contributed by atoms with Crippen molar-refractivity contribution in [1.82, 2.24) is 29.6 Å². The maximum Gasteiger partial charge on any atom is 0.225 e. The third-order valence-corrected chi connectivity index (χ3v) is 4.00. The molecule has 0 aliphatic carbocycles. The molecule has 3 rings (SSSR count). The normalized spacial score (nSPS) is 15.5. The van der Waals surface area contributed by atoms with Gasteiger partial charge >= 0.3 is 0 Å². The Labute approximate surface area is 131 Å². The van der Waals surface area contributed by atoms with Gasteiger partial charge in [-0.2, -0.15) is 0 Å². The Hall–Kier alpha value is -2.02. The van der Waals surface area contributed by atoms with Gasteiger partial charge in [0.2, 0.25) is 5.95 Å². The molecule has 118 valence electrons. The van der Waals surface area contributed by atoms with E-state index in [2.05, 4.69) is 37.0 Å². The number of nitrogens with zero attached hydrogens (tertiary/aromatic N) is 7. The van der Waals surface area contributed by atoms with Crippen molar-refractivity contribution in [2.45, 2.75) is 32.4 Å². The van der Waals surface area contributed by atoms with Crippen molar-refractivity contribution in [1.29, 1.82) is 0 Å². The molecule has 2 aromatic rings.